The van der Waals surface area contributed by atoms with Gasteiger partial charge in [0, 0.05) is 12.6 Å². The molecule has 1 fully saturated rings. The number of benzene rings is 2. The van der Waals surface area contributed by atoms with E-state index in [9.17, 15) is 13.6 Å². The third-order valence-corrected chi connectivity index (χ3v) is 5.47. The van der Waals surface area contributed by atoms with Crippen LogP contribution in [0.5, 0.6) is 17.2 Å². The predicted molar refractivity (Wildman–Crippen MR) is 98.2 cm³/mol. The van der Waals surface area contributed by atoms with Gasteiger partial charge in [0.2, 0.25) is 11.7 Å². The first kappa shape index (κ1) is 19.3. The van der Waals surface area contributed by atoms with Crippen LogP contribution in [0, 0.1) is 11.6 Å². The number of carbonyl (C=O) groups excluding carboxylic acids is 1. The summed E-state index contributed by atoms with van der Waals surface area (Å²) in [7, 11) is 4.54. The standard InChI is InChI=1S/C19H19F2NO4S/c1-24-15-6-12(7-16(25-2)18(15)26-3)19-22(17(23)10-27-19)9-11-4-13(20)8-14(21)5-11/h4-8,19H,9-10H2,1-3H3. The molecule has 1 unspecified atom stereocenters. The van der Waals surface area contributed by atoms with Crippen molar-refractivity contribution in [2.45, 2.75) is 11.9 Å². The fourth-order valence-corrected chi connectivity index (χ4v) is 4.21. The van der Waals surface area contributed by atoms with Gasteiger partial charge in [0.05, 0.1) is 27.1 Å². The fraction of sp³-hybridized carbons (Fsp3) is 0.316. The molecule has 1 atom stereocenters. The van der Waals surface area contributed by atoms with E-state index in [0.717, 1.165) is 11.6 Å². The summed E-state index contributed by atoms with van der Waals surface area (Å²) in [4.78, 5) is 14.0. The van der Waals surface area contributed by atoms with Gasteiger partial charge in [-0.3, -0.25) is 4.79 Å². The molecule has 144 valence electrons. The number of hydrogen-bond donors (Lipinski definition) is 0. The topological polar surface area (TPSA) is 48.0 Å². The first-order chi connectivity index (χ1) is 13.0. The van der Waals surface area contributed by atoms with E-state index in [0.29, 0.717) is 22.8 Å². The van der Waals surface area contributed by atoms with Crippen LogP contribution in [0.3, 0.4) is 0 Å². The minimum absolute atomic E-state index is 0.0990. The maximum absolute atomic E-state index is 13.5. The van der Waals surface area contributed by atoms with Gasteiger partial charge in [-0.2, -0.15) is 0 Å². The molecule has 0 spiro atoms. The Labute approximate surface area is 160 Å². The van der Waals surface area contributed by atoms with E-state index >= 15 is 0 Å². The number of ether oxygens (including phenoxy) is 3. The number of thioether (sulfide) groups is 1. The molecule has 1 aliphatic heterocycles. The van der Waals surface area contributed by atoms with E-state index in [-0.39, 0.29) is 23.6 Å². The lowest BCUT2D eigenvalue weighted by atomic mass is 10.1. The molecule has 0 saturated carbocycles. The molecule has 0 aromatic heterocycles. The second kappa shape index (κ2) is 8.04. The average molecular weight is 395 g/mol. The minimum atomic E-state index is -0.673. The summed E-state index contributed by atoms with van der Waals surface area (Å²) in [6.07, 6.45) is 0. The van der Waals surface area contributed by atoms with Gasteiger partial charge in [-0.25, -0.2) is 8.78 Å². The summed E-state index contributed by atoms with van der Waals surface area (Å²) in [6, 6.07) is 6.81. The lowest BCUT2D eigenvalue weighted by Gasteiger charge is -2.25. The van der Waals surface area contributed by atoms with Crippen LogP contribution in [0.25, 0.3) is 0 Å². The molecule has 3 rings (SSSR count). The number of carbonyl (C=O) groups is 1. The highest BCUT2D eigenvalue weighted by molar-refractivity contribution is 8.00. The van der Waals surface area contributed by atoms with Crippen molar-refractivity contribution in [3.8, 4) is 17.2 Å². The minimum Gasteiger partial charge on any atom is -0.493 e. The van der Waals surface area contributed by atoms with Crippen LogP contribution in [-0.4, -0.2) is 37.9 Å². The Morgan fingerprint density at radius 1 is 1.00 bits per heavy atom. The van der Waals surface area contributed by atoms with E-state index in [1.807, 2.05) is 0 Å². The van der Waals surface area contributed by atoms with Crippen LogP contribution in [0.2, 0.25) is 0 Å². The van der Waals surface area contributed by atoms with E-state index in [4.69, 9.17) is 14.2 Å². The molecule has 1 saturated heterocycles. The molecular weight excluding hydrogens is 376 g/mol. The van der Waals surface area contributed by atoms with Gasteiger partial charge in [-0.05, 0) is 35.4 Å². The summed E-state index contributed by atoms with van der Waals surface area (Å²) in [5, 5.41) is -0.336. The summed E-state index contributed by atoms with van der Waals surface area (Å²) >= 11 is 1.43. The van der Waals surface area contributed by atoms with E-state index in [1.165, 1.54) is 45.2 Å². The molecule has 27 heavy (non-hydrogen) atoms. The quantitative estimate of drug-likeness (QED) is 0.745. The molecular formula is C19H19F2NO4S. The lowest BCUT2D eigenvalue weighted by Crippen LogP contribution is -2.27. The second-order valence-electron chi connectivity index (χ2n) is 5.92. The number of methoxy groups -OCH3 is 3. The van der Waals surface area contributed by atoms with Gasteiger partial charge >= 0.3 is 0 Å². The monoisotopic (exact) mass is 395 g/mol. The van der Waals surface area contributed by atoms with E-state index in [2.05, 4.69) is 0 Å². The predicted octanol–water partition coefficient (Wildman–Crippen LogP) is 3.76. The van der Waals surface area contributed by atoms with Gasteiger partial charge in [-0.15, -0.1) is 11.8 Å². The molecule has 8 heteroatoms. The van der Waals surface area contributed by atoms with Crippen LogP contribution in [0.15, 0.2) is 30.3 Å². The summed E-state index contributed by atoms with van der Waals surface area (Å²) in [6.45, 7) is 0.0990. The zero-order valence-corrected chi connectivity index (χ0v) is 15.9. The average Bonchev–Trinajstić information content (AvgIpc) is 3.00. The van der Waals surface area contributed by atoms with Crippen LogP contribution < -0.4 is 14.2 Å². The number of nitrogens with zero attached hydrogens (tertiary/aromatic N) is 1. The third-order valence-electron chi connectivity index (χ3n) is 4.22. The van der Waals surface area contributed by atoms with Crippen molar-refractivity contribution in [1.82, 2.24) is 4.90 Å². The number of hydrogen-bond acceptors (Lipinski definition) is 5. The Bertz CT molecular complexity index is 816. The summed E-state index contributed by atoms with van der Waals surface area (Å²) < 4.78 is 43.1. The highest BCUT2D eigenvalue weighted by atomic mass is 32.2. The van der Waals surface area contributed by atoms with Crippen molar-refractivity contribution in [2.24, 2.45) is 0 Å². The Balaban J connectivity index is 1.96. The molecule has 0 radical (unpaired) electrons. The Hall–Kier alpha value is -2.48. The second-order valence-corrected chi connectivity index (χ2v) is 6.99. The molecule has 0 N–H and O–H groups in total. The Morgan fingerprint density at radius 2 is 1.59 bits per heavy atom. The first-order valence-electron chi connectivity index (χ1n) is 8.12. The van der Waals surface area contributed by atoms with Gasteiger partial charge in [0.15, 0.2) is 11.5 Å². The van der Waals surface area contributed by atoms with Crippen molar-refractivity contribution < 1.29 is 27.8 Å². The number of amides is 1. The molecule has 1 amide bonds. The zero-order valence-electron chi connectivity index (χ0n) is 15.1. The van der Waals surface area contributed by atoms with Gasteiger partial charge in [0.1, 0.15) is 17.0 Å². The molecule has 5 nitrogen and oxygen atoms in total. The van der Waals surface area contributed by atoms with Gasteiger partial charge in [-0.1, -0.05) is 0 Å². The van der Waals surface area contributed by atoms with Gasteiger partial charge < -0.3 is 19.1 Å². The number of rotatable bonds is 6. The highest BCUT2D eigenvalue weighted by Crippen LogP contribution is 2.46. The zero-order chi connectivity index (χ0) is 19.6. The van der Waals surface area contributed by atoms with Crippen LogP contribution >= 0.6 is 11.8 Å². The third kappa shape index (κ3) is 3.95. The SMILES string of the molecule is COc1cc(C2SCC(=O)N2Cc2cc(F)cc(F)c2)cc(OC)c1OC. The van der Waals surface area contributed by atoms with Gasteiger partial charge in [0.25, 0.3) is 0 Å². The van der Waals surface area contributed by atoms with Crippen LogP contribution in [0.1, 0.15) is 16.5 Å². The van der Waals surface area contributed by atoms with Crippen molar-refractivity contribution in [3.63, 3.8) is 0 Å². The van der Waals surface area contributed by atoms with Crippen molar-refractivity contribution >= 4 is 17.7 Å². The molecule has 2 aromatic carbocycles. The largest absolute Gasteiger partial charge is 0.493 e. The molecule has 1 heterocycles. The molecule has 0 bridgehead atoms. The highest BCUT2D eigenvalue weighted by Gasteiger charge is 2.34. The van der Waals surface area contributed by atoms with Crippen molar-refractivity contribution in [3.05, 3.63) is 53.1 Å². The van der Waals surface area contributed by atoms with E-state index < -0.39 is 11.6 Å². The maximum atomic E-state index is 13.5. The Kier molecular flexibility index (Phi) is 5.74. The fourth-order valence-electron chi connectivity index (χ4n) is 3.04. The molecule has 2 aromatic rings. The summed E-state index contributed by atoms with van der Waals surface area (Å²) in [5.41, 5.74) is 1.16. The first-order valence-corrected chi connectivity index (χ1v) is 9.17. The lowest BCUT2D eigenvalue weighted by molar-refractivity contribution is -0.128. The summed E-state index contributed by atoms with van der Waals surface area (Å²) in [5.74, 6) is 0.230. The molecule has 1 aliphatic rings. The van der Waals surface area contributed by atoms with Crippen molar-refractivity contribution in [2.75, 3.05) is 27.1 Å². The molecule has 0 aliphatic carbocycles. The van der Waals surface area contributed by atoms with Crippen LogP contribution in [-0.2, 0) is 11.3 Å². The van der Waals surface area contributed by atoms with Crippen molar-refractivity contribution in [1.29, 1.82) is 0 Å². The number of halogens is 2. The van der Waals surface area contributed by atoms with Crippen LogP contribution in [0.4, 0.5) is 8.78 Å². The maximum Gasteiger partial charge on any atom is 0.234 e. The van der Waals surface area contributed by atoms with E-state index in [1.54, 1.807) is 17.0 Å². The Morgan fingerprint density at radius 3 is 2.11 bits per heavy atom. The normalized spacial score (nSPS) is 16.6. The smallest absolute Gasteiger partial charge is 0.234 e.